The number of hydrogen-bond donors (Lipinski definition) is 1. The van der Waals surface area contributed by atoms with Crippen molar-refractivity contribution in [2.75, 3.05) is 25.2 Å². The predicted octanol–water partition coefficient (Wildman–Crippen LogP) is 1.50. The van der Waals surface area contributed by atoms with Crippen LogP contribution >= 0.6 is 11.6 Å². The molecule has 0 saturated carbocycles. The predicted molar refractivity (Wildman–Crippen MR) is 72.3 cm³/mol. The highest BCUT2D eigenvalue weighted by Gasteiger charge is 2.34. The Morgan fingerprint density at radius 3 is 3.00 bits per heavy atom. The molecule has 1 aromatic rings. The molecule has 19 heavy (non-hydrogen) atoms. The number of hydrogen-bond acceptors (Lipinski definition) is 5. The molecular weight excluding hydrogens is 266 g/mol. The number of methoxy groups -OCH3 is 1. The average molecular weight is 282 g/mol. The quantitative estimate of drug-likeness (QED) is 0.909. The molecule has 0 bridgehead atoms. The summed E-state index contributed by atoms with van der Waals surface area (Å²) in [7, 11) is 1.65. The van der Waals surface area contributed by atoms with Gasteiger partial charge in [-0.1, -0.05) is 11.6 Å². The van der Waals surface area contributed by atoms with Gasteiger partial charge in [-0.2, -0.15) is 5.26 Å². The van der Waals surface area contributed by atoms with Crippen LogP contribution in [0.25, 0.3) is 0 Å². The van der Waals surface area contributed by atoms with Crippen molar-refractivity contribution in [1.82, 2.24) is 4.98 Å². The van der Waals surface area contributed by atoms with Crippen LogP contribution in [0.15, 0.2) is 6.20 Å². The van der Waals surface area contributed by atoms with Crippen molar-refractivity contribution in [2.45, 2.75) is 25.5 Å². The Morgan fingerprint density at radius 1 is 1.68 bits per heavy atom. The second kappa shape index (κ2) is 5.74. The highest BCUT2D eigenvalue weighted by Crippen LogP contribution is 2.31. The van der Waals surface area contributed by atoms with E-state index in [4.69, 9.17) is 16.3 Å². The van der Waals surface area contributed by atoms with Crippen molar-refractivity contribution in [2.24, 2.45) is 0 Å². The topological polar surface area (TPSA) is 69.4 Å². The number of aliphatic hydroxyl groups is 1. The molecule has 0 aromatic carbocycles. The molecule has 0 amide bonds. The zero-order chi connectivity index (χ0) is 14.0. The number of nitrogens with zero attached hydrogens (tertiary/aromatic N) is 3. The van der Waals surface area contributed by atoms with Crippen LogP contribution in [0.1, 0.15) is 17.5 Å². The van der Waals surface area contributed by atoms with Crippen molar-refractivity contribution >= 4 is 17.4 Å². The maximum Gasteiger partial charge on any atom is 0.147 e. The van der Waals surface area contributed by atoms with E-state index in [1.165, 1.54) is 0 Å². The van der Waals surface area contributed by atoms with Gasteiger partial charge in [0.2, 0.25) is 0 Å². The van der Waals surface area contributed by atoms with Gasteiger partial charge < -0.3 is 14.7 Å². The summed E-state index contributed by atoms with van der Waals surface area (Å²) < 4.78 is 5.33. The highest BCUT2D eigenvalue weighted by molar-refractivity contribution is 6.31. The maximum atomic E-state index is 9.46. The minimum atomic E-state index is -0.0786. The van der Waals surface area contributed by atoms with Crippen molar-refractivity contribution in [3.05, 3.63) is 22.3 Å². The molecule has 0 spiro atoms. The first kappa shape index (κ1) is 14.1. The van der Waals surface area contributed by atoms with E-state index in [1.54, 1.807) is 20.2 Å². The molecule has 1 aliphatic heterocycles. The van der Waals surface area contributed by atoms with Gasteiger partial charge in [0.1, 0.15) is 11.9 Å². The van der Waals surface area contributed by atoms with Gasteiger partial charge in [-0.3, -0.25) is 0 Å². The fourth-order valence-corrected chi connectivity index (χ4v) is 2.54. The fourth-order valence-electron chi connectivity index (χ4n) is 2.39. The van der Waals surface area contributed by atoms with Crippen LogP contribution in [0.5, 0.6) is 0 Å². The molecule has 2 rings (SSSR count). The number of aliphatic hydroxyl groups excluding tert-OH is 1. The number of pyridine rings is 1. The highest BCUT2D eigenvalue weighted by atomic mass is 35.5. The van der Waals surface area contributed by atoms with Crippen molar-refractivity contribution in [3.63, 3.8) is 0 Å². The molecule has 1 fully saturated rings. The monoisotopic (exact) mass is 281 g/mol. The summed E-state index contributed by atoms with van der Waals surface area (Å²) in [6.07, 6.45) is 2.31. The number of ether oxygens (including phenoxy) is 1. The van der Waals surface area contributed by atoms with Gasteiger partial charge >= 0.3 is 0 Å². The van der Waals surface area contributed by atoms with E-state index in [2.05, 4.69) is 11.1 Å². The zero-order valence-corrected chi connectivity index (χ0v) is 11.7. The van der Waals surface area contributed by atoms with Crippen LogP contribution in [0, 0.1) is 18.3 Å². The fraction of sp³-hybridized carbons (Fsp3) is 0.538. The number of nitriles is 1. The van der Waals surface area contributed by atoms with Gasteiger partial charge in [0, 0.05) is 19.9 Å². The van der Waals surface area contributed by atoms with E-state index < -0.39 is 0 Å². The second-order valence-corrected chi connectivity index (χ2v) is 5.03. The van der Waals surface area contributed by atoms with E-state index in [9.17, 15) is 10.4 Å². The van der Waals surface area contributed by atoms with Crippen molar-refractivity contribution in [1.29, 1.82) is 5.26 Å². The summed E-state index contributed by atoms with van der Waals surface area (Å²) in [5, 5.41) is 19.2. The van der Waals surface area contributed by atoms with Crippen molar-refractivity contribution < 1.29 is 9.84 Å². The van der Waals surface area contributed by atoms with Crippen LogP contribution in [0.2, 0.25) is 5.02 Å². The van der Waals surface area contributed by atoms with E-state index in [0.717, 1.165) is 6.42 Å². The van der Waals surface area contributed by atoms with E-state index in [1.807, 2.05) is 4.90 Å². The third-order valence-electron chi connectivity index (χ3n) is 3.56. The number of rotatable bonds is 3. The largest absolute Gasteiger partial charge is 0.394 e. The van der Waals surface area contributed by atoms with E-state index in [0.29, 0.717) is 28.5 Å². The summed E-state index contributed by atoms with van der Waals surface area (Å²) in [4.78, 5) is 6.19. The Balaban J connectivity index is 2.42. The van der Waals surface area contributed by atoms with Gasteiger partial charge in [-0.05, 0) is 18.9 Å². The summed E-state index contributed by atoms with van der Waals surface area (Å²) >= 11 is 5.99. The van der Waals surface area contributed by atoms with E-state index in [-0.39, 0.29) is 18.8 Å². The SMILES string of the molecule is CO[C@H]1C[C@@H](CO)N(c2ncc(Cl)c(C)c2C#N)C1. The molecule has 102 valence electrons. The van der Waals surface area contributed by atoms with Crippen molar-refractivity contribution in [3.8, 4) is 6.07 Å². The lowest BCUT2D eigenvalue weighted by Gasteiger charge is -2.25. The lowest BCUT2D eigenvalue weighted by Crippen LogP contribution is -2.34. The minimum absolute atomic E-state index is 0.00802. The summed E-state index contributed by atoms with van der Waals surface area (Å²) in [5.41, 5.74) is 1.18. The van der Waals surface area contributed by atoms with E-state index >= 15 is 0 Å². The average Bonchev–Trinajstić information content (AvgIpc) is 2.84. The molecule has 2 heterocycles. The van der Waals surface area contributed by atoms with Gasteiger partial charge in [0.25, 0.3) is 0 Å². The molecule has 0 radical (unpaired) electrons. The van der Waals surface area contributed by atoms with Gasteiger partial charge in [0.05, 0.1) is 29.3 Å². The van der Waals surface area contributed by atoms with Crippen LogP contribution in [0.3, 0.4) is 0 Å². The molecule has 2 atom stereocenters. The Bertz CT molecular complexity index is 515. The van der Waals surface area contributed by atoms with Crippen LogP contribution in [-0.4, -0.2) is 42.5 Å². The standard InChI is InChI=1S/C13H16ClN3O2/c1-8-11(4-15)13(16-5-12(8)14)17-6-10(19-2)3-9(17)7-18/h5,9-10,18H,3,6-7H2,1-2H3/t9-,10-/m0/s1. The van der Waals surface area contributed by atoms with Crippen LogP contribution in [-0.2, 0) is 4.74 Å². The Labute approximate surface area is 117 Å². The third-order valence-corrected chi connectivity index (χ3v) is 3.94. The van der Waals surface area contributed by atoms with Gasteiger partial charge in [-0.15, -0.1) is 0 Å². The lowest BCUT2D eigenvalue weighted by atomic mass is 10.1. The first-order chi connectivity index (χ1) is 9.12. The summed E-state index contributed by atoms with van der Waals surface area (Å²) in [6.45, 7) is 2.42. The molecule has 0 unspecified atom stereocenters. The summed E-state index contributed by atoms with van der Waals surface area (Å²) in [5.74, 6) is 0.572. The Kier molecular flexibility index (Phi) is 4.25. The number of halogens is 1. The number of anilines is 1. The number of aromatic nitrogens is 1. The molecule has 1 aromatic heterocycles. The molecule has 1 saturated heterocycles. The molecule has 1 aliphatic rings. The smallest absolute Gasteiger partial charge is 0.147 e. The zero-order valence-electron chi connectivity index (χ0n) is 10.9. The minimum Gasteiger partial charge on any atom is -0.394 e. The maximum absolute atomic E-state index is 9.46. The Morgan fingerprint density at radius 2 is 2.42 bits per heavy atom. The molecule has 5 nitrogen and oxygen atoms in total. The molecule has 6 heteroatoms. The van der Waals surface area contributed by atoms with Crippen LogP contribution < -0.4 is 4.90 Å². The lowest BCUT2D eigenvalue weighted by molar-refractivity contribution is 0.115. The second-order valence-electron chi connectivity index (χ2n) is 4.62. The van der Waals surface area contributed by atoms with Gasteiger partial charge in [0.15, 0.2) is 0 Å². The first-order valence-electron chi connectivity index (χ1n) is 6.07. The molecular formula is C13H16ClN3O2. The molecule has 0 aliphatic carbocycles. The third kappa shape index (κ3) is 2.52. The van der Waals surface area contributed by atoms with Gasteiger partial charge in [-0.25, -0.2) is 4.98 Å². The molecule has 1 N–H and O–H groups in total. The Hall–Kier alpha value is -1.35. The summed E-state index contributed by atoms with van der Waals surface area (Å²) in [6, 6.07) is 2.07. The first-order valence-corrected chi connectivity index (χ1v) is 6.45. The van der Waals surface area contributed by atoms with Crippen LogP contribution in [0.4, 0.5) is 5.82 Å². The normalized spacial score (nSPS) is 22.6.